The Hall–Kier alpha value is -1.42. The highest BCUT2D eigenvalue weighted by molar-refractivity contribution is 7.09. The number of allylic oxidation sites excluding steroid dienone is 1. The van der Waals surface area contributed by atoms with Gasteiger partial charge in [0.2, 0.25) is 0 Å². The first-order valence-electron chi connectivity index (χ1n) is 7.35. The number of benzene rings is 1. The van der Waals surface area contributed by atoms with Gasteiger partial charge in [0.05, 0.1) is 6.10 Å². The molecule has 1 aromatic heterocycles. The van der Waals surface area contributed by atoms with E-state index < -0.39 is 0 Å². The first-order valence-corrected chi connectivity index (χ1v) is 8.23. The second-order valence-corrected chi connectivity index (χ2v) is 6.29. The molecule has 2 aromatic rings. The molecule has 1 heterocycles. The Morgan fingerprint density at radius 3 is 2.62 bits per heavy atom. The average molecular weight is 301 g/mol. The zero-order valence-corrected chi connectivity index (χ0v) is 13.1. The Kier molecular flexibility index (Phi) is 6.67. The fourth-order valence-electron chi connectivity index (χ4n) is 2.35. The molecule has 1 unspecified atom stereocenters. The van der Waals surface area contributed by atoms with Crippen molar-refractivity contribution < 1.29 is 5.11 Å². The zero-order valence-electron chi connectivity index (χ0n) is 12.3. The van der Waals surface area contributed by atoms with Crippen LogP contribution in [0.25, 0.3) is 0 Å². The smallest absolute Gasteiger partial charge is 0.0670 e. The molecule has 0 radical (unpaired) electrons. The number of hydrogen-bond donors (Lipinski definition) is 1. The van der Waals surface area contributed by atoms with E-state index in [9.17, 15) is 5.11 Å². The molecule has 3 heteroatoms. The standard InChI is InChI=1S/C18H23NOS/c1-2-3-10-17(20)14-19(15-18-11-7-12-21-18)13-16-8-5-4-6-9-16/h2,4-9,11-12,17,20H,1,3,10,13-15H2. The number of thiophene rings is 1. The summed E-state index contributed by atoms with van der Waals surface area (Å²) in [6, 6.07) is 14.7. The Labute approximate surface area is 131 Å². The van der Waals surface area contributed by atoms with Crippen LogP contribution in [0.5, 0.6) is 0 Å². The fraction of sp³-hybridized carbons (Fsp3) is 0.333. The number of aliphatic hydroxyl groups is 1. The van der Waals surface area contributed by atoms with Crippen LogP contribution in [0.15, 0.2) is 60.5 Å². The summed E-state index contributed by atoms with van der Waals surface area (Å²) >= 11 is 1.77. The highest BCUT2D eigenvalue weighted by Gasteiger charge is 2.13. The van der Waals surface area contributed by atoms with Gasteiger partial charge < -0.3 is 5.11 Å². The van der Waals surface area contributed by atoms with E-state index in [1.54, 1.807) is 11.3 Å². The Bertz CT molecular complexity index is 509. The molecular weight excluding hydrogens is 278 g/mol. The normalized spacial score (nSPS) is 12.5. The SMILES string of the molecule is C=CCCC(O)CN(Cc1ccccc1)Cc1cccs1. The molecule has 0 saturated carbocycles. The maximum atomic E-state index is 10.2. The summed E-state index contributed by atoms with van der Waals surface area (Å²) < 4.78 is 0. The molecule has 21 heavy (non-hydrogen) atoms. The number of rotatable bonds is 9. The molecule has 0 aliphatic rings. The second-order valence-electron chi connectivity index (χ2n) is 5.25. The lowest BCUT2D eigenvalue weighted by Gasteiger charge is -2.24. The van der Waals surface area contributed by atoms with Gasteiger partial charge in [0, 0.05) is 24.5 Å². The Morgan fingerprint density at radius 2 is 1.95 bits per heavy atom. The molecule has 0 amide bonds. The van der Waals surface area contributed by atoms with E-state index in [4.69, 9.17) is 0 Å². The van der Waals surface area contributed by atoms with Crippen molar-refractivity contribution in [1.29, 1.82) is 0 Å². The monoisotopic (exact) mass is 301 g/mol. The van der Waals surface area contributed by atoms with Crippen LogP contribution in [-0.2, 0) is 13.1 Å². The summed E-state index contributed by atoms with van der Waals surface area (Å²) in [7, 11) is 0. The molecule has 0 saturated heterocycles. The number of hydrogen-bond acceptors (Lipinski definition) is 3. The fourth-order valence-corrected chi connectivity index (χ4v) is 3.10. The molecule has 0 fully saturated rings. The predicted molar refractivity (Wildman–Crippen MR) is 90.3 cm³/mol. The van der Waals surface area contributed by atoms with Crippen molar-refractivity contribution in [3.8, 4) is 0 Å². The molecule has 2 nitrogen and oxygen atoms in total. The van der Waals surface area contributed by atoms with Crippen molar-refractivity contribution in [2.45, 2.75) is 32.0 Å². The molecule has 2 rings (SSSR count). The maximum Gasteiger partial charge on any atom is 0.0670 e. The summed E-state index contributed by atoms with van der Waals surface area (Å²) in [5.41, 5.74) is 1.28. The third-order valence-corrected chi connectivity index (χ3v) is 4.24. The molecule has 1 aromatic carbocycles. The molecular formula is C18H23NOS. The van der Waals surface area contributed by atoms with Crippen molar-refractivity contribution in [1.82, 2.24) is 4.90 Å². The van der Waals surface area contributed by atoms with Gasteiger partial charge in [-0.25, -0.2) is 0 Å². The molecule has 0 bridgehead atoms. The van der Waals surface area contributed by atoms with E-state index in [0.29, 0.717) is 6.54 Å². The van der Waals surface area contributed by atoms with Crippen LogP contribution in [0.4, 0.5) is 0 Å². The maximum absolute atomic E-state index is 10.2. The molecule has 1 N–H and O–H groups in total. The third-order valence-electron chi connectivity index (χ3n) is 3.38. The van der Waals surface area contributed by atoms with Crippen LogP contribution >= 0.6 is 11.3 Å². The van der Waals surface area contributed by atoms with Crippen LogP contribution in [-0.4, -0.2) is 22.7 Å². The van der Waals surface area contributed by atoms with Crippen molar-refractivity contribution in [2.75, 3.05) is 6.54 Å². The molecule has 0 aliphatic heterocycles. The van der Waals surface area contributed by atoms with Gasteiger partial charge in [0.15, 0.2) is 0 Å². The van der Waals surface area contributed by atoms with Crippen molar-refractivity contribution in [3.05, 3.63) is 70.9 Å². The Balaban J connectivity index is 1.97. The van der Waals surface area contributed by atoms with Crippen LogP contribution in [0, 0.1) is 0 Å². The largest absolute Gasteiger partial charge is 0.392 e. The molecule has 1 atom stereocenters. The van der Waals surface area contributed by atoms with Crippen molar-refractivity contribution >= 4 is 11.3 Å². The number of nitrogens with zero attached hydrogens (tertiary/aromatic N) is 1. The minimum atomic E-state index is -0.299. The molecule has 112 valence electrons. The van der Waals surface area contributed by atoms with E-state index in [1.165, 1.54) is 10.4 Å². The second kappa shape index (κ2) is 8.78. The minimum absolute atomic E-state index is 0.299. The van der Waals surface area contributed by atoms with Gasteiger partial charge in [0.1, 0.15) is 0 Å². The first kappa shape index (κ1) is 16.0. The van der Waals surface area contributed by atoms with Crippen LogP contribution in [0.3, 0.4) is 0 Å². The summed E-state index contributed by atoms with van der Waals surface area (Å²) in [6.07, 6.45) is 3.20. The van der Waals surface area contributed by atoms with Crippen LogP contribution in [0.2, 0.25) is 0 Å². The summed E-state index contributed by atoms with van der Waals surface area (Å²) in [6.45, 7) is 6.16. The zero-order chi connectivity index (χ0) is 14.9. The van der Waals surface area contributed by atoms with Crippen LogP contribution in [0.1, 0.15) is 23.3 Å². The van der Waals surface area contributed by atoms with Gasteiger partial charge in [-0.05, 0) is 29.9 Å². The number of aliphatic hydroxyl groups excluding tert-OH is 1. The average Bonchev–Trinajstić information content (AvgIpc) is 2.99. The van der Waals surface area contributed by atoms with E-state index >= 15 is 0 Å². The first-order chi connectivity index (χ1) is 10.3. The van der Waals surface area contributed by atoms with Gasteiger partial charge in [0.25, 0.3) is 0 Å². The third kappa shape index (κ3) is 5.84. The van der Waals surface area contributed by atoms with E-state index in [1.807, 2.05) is 12.1 Å². The van der Waals surface area contributed by atoms with E-state index in [-0.39, 0.29) is 6.10 Å². The van der Waals surface area contributed by atoms with Gasteiger partial charge in [-0.3, -0.25) is 4.90 Å². The molecule has 0 spiro atoms. The lowest BCUT2D eigenvalue weighted by atomic mass is 10.1. The quantitative estimate of drug-likeness (QED) is 0.706. The Morgan fingerprint density at radius 1 is 1.14 bits per heavy atom. The molecule has 0 aliphatic carbocycles. The summed E-state index contributed by atoms with van der Waals surface area (Å²) in [5.74, 6) is 0. The predicted octanol–water partition coefficient (Wildman–Crippen LogP) is 4.08. The topological polar surface area (TPSA) is 23.5 Å². The lowest BCUT2D eigenvalue weighted by Crippen LogP contribution is -2.31. The van der Waals surface area contributed by atoms with E-state index in [0.717, 1.165) is 25.9 Å². The van der Waals surface area contributed by atoms with Crippen LogP contribution < -0.4 is 0 Å². The van der Waals surface area contributed by atoms with E-state index in [2.05, 4.69) is 53.3 Å². The lowest BCUT2D eigenvalue weighted by molar-refractivity contribution is 0.0989. The van der Waals surface area contributed by atoms with Gasteiger partial charge in [-0.15, -0.1) is 17.9 Å². The van der Waals surface area contributed by atoms with Gasteiger partial charge >= 0.3 is 0 Å². The highest BCUT2D eigenvalue weighted by Crippen LogP contribution is 2.15. The van der Waals surface area contributed by atoms with Gasteiger partial charge in [-0.2, -0.15) is 0 Å². The summed E-state index contributed by atoms with van der Waals surface area (Å²) in [4.78, 5) is 3.65. The van der Waals surface area contributed by atoms with Crippen molar-refractivity contribution in [3.63, 3.8) is 0 Å². The highest BCUT2D eigenvalue weighted by atomic mass is 32.1. The van der Waals surface area contributed by atoms with Gasteiger partial charge in [-0.1, -0.05) is 42.5 Å². The minimum Gasteiger partial charge on any atom is -0.392 e. The van der Waals surface area contributed by atoms with Crippen molar-refractivity contribution in [2.24, 2.45) is 0 Å². The summed E-state index contributed by atoms with van der Waals surface area (Å²) in [5, 5.41) is 12.3.